The third-order valence-electron chi connectivity index (χ3n) is 2.08. The largest absolute Gasteiger partial charge is 4.00 e. The minimum absolute atomic E-state index is 0. The molecule has 0 aliphatic heterocycles. The van der Waals surface area contributed by atoms with Crippen molar-refractivity contribution in [2.24, 2.45) is 0 Å². The summed E-state index contributed by atoms with van der Waals surface area (Å²) in [5, 5.41) is 38.6. The molecule has 0 spiro atoms. The summed E-state index contributed by atoms with van der Waals surface area (Å²) in [6, 6.07) is 0. The van der Waals surface area contributed by atoms with Crippen LogP contribution in [0.1, 0.15) is 0 Å². The van der Waals surface area contributed by atoms with Gasteiger partial charge in [0.2, 0.25) is 0 Å². The molecule has 0 amide bonds. The van der Waals surface area contributed by atoms with Crippen LogP contribution in [0.15, 0.2) is 48.6 Å². The van der Waals surface area contributed by atoms with Gasteiger partial charge in [0.25, 0.3) is 0 Å². The van der Waals surface area contributed by atoms with E-state index in [1.54, 1.807) is 0 Å². The Hall–Kier alpha value is -4.64. The quantitative estimate of drug-likeness (QED) is 0.0791. The fraction of sp³-hybridized carbons (Fsp3) is 0.200. The zero-order chi connectivity index (χ0) is 31.9. The van der Waals surface area contributed by atoms with E-state index < -0.39 is 47.8 Å². The number of carboxylic acids is 4. The Labute approximate surface area is 246 Å². The number of hydrogen-bond donors (Lipinski definition) is 0. The molecular weight excluding hydrogens is 679 g/mol. The molecule has 20 nitrogen and oxygen atoms in total. The SMILES string of the molecule is COOC(=O)C=CC(=O)[O-].COOC(=O)C=CC(=O)[O-].COOC(=O)C=CC(=O)[O-].COOC(=O)C=CC(=O)[O-].[Sn+4]. The summed E-state index contributed by atoms with van der Waals surface area (Å²) >= 11 is 0. The molecule has 0 saturated heterocycles. The Morgan fingerprint density at radius 1 is 0.366 bits per heavy atom. The Bertz CT molecular complexity index is 796. The van der Waals surface area contributed by atoms with Gasteiger partial charge in [0.15, 0.2) is 0 Å². The molecule has 0 heterocycles. The van der Waals surface area contributed by atoms with E-state index in [2.05, 4.69) is 39.1 Å². The minimum Gasteiger partial charge on any atom is -0.545 e. The summed E-state index contributed by atoms with van der Waals surface area (Å²) in [7, 11) is 4.52. The molecule has 0 aromatic carbocycles. The van der Waals surface area contributed by atoms with Gasteiger partial charge in [0.05, 0.1) is 52.3 Å². The van der Waals surface area contributed by atoms with E-state index in [9.17, 15) is 58.8 Å². The van der Waals surface area contributed by atoms with Crippen LogP contribution in [0.2, 0.25) is 0 Å². The third-order valence-corrected chi connectivity index (χ3v) is 2.08. The number of hydrogen-bond acceptors (Lipinski definition) is 20. The van der Waals surface area contributed by atoms with E-state index in [1.165, 1.54) is 0 Å². The predicted octanol–water partition coefficient (Wildman–Crippen LogP) is -6.79. The van der Waals surface area contributed by atoms with Gasteiger partial charge in [-0.05, 0) is 24.3 Å². The van der Waals surface area contributed by atoms with Crippen LogP contribution in [-0.4, -0.2) is 100 Å². The van der Waals surface area contributed by atoms with Gasteiger partial charge in [0.1, 0.15) is 0 Å². The second kappa shape index (κ2) is 33.4. The molecule has 0 saturated carbocycles. The van der Waals surface area contributed by atoms with Crippen LogP contribution >= 0.6 is 0 Å². The molecule has 0 rings (SSSR count). The molecule has 0 N–H and O–H groups in total. The molecule has 0 aliphatic rings. The van der Waals surface area contributed by atoms with E-state index in [0.717, 1.165) is 28.4 Å². The summed E-state index contributed by atoms with van der Waals surface area (Å²) in [5.74, 6) is -9.45. The standard InChI is InChI=1S/4C5H6O5.Sn/c4*1-9-10-5(8)3-2-4(6)7;/h4*2-3H,1H3,(H,6,7);/q;;;;+4/p-4. The number of carbonyl (C=O) groups excluding carboxylic acids is 8. The number of rotatable bonds is 12. The molecule has 0 unspecified atom stereocenters. The first-order chi connectivity index (χ1) is 18.7. The van der Waals surface area contributed by atoms with Crippen LogP contribution in [0.5, 0.6) is 0 Å². The predicted molar refractivity (Wildman–Crippen MR) is 115 cm³/mol. The van der Waals surface area contributed by atoms with E-state index in [0.29, 0.717) is 48.6 Å². The first kappa shape index (κ1) is 46.2. The van der Waals surface area contributed by atoms with Crippen LogP contribution in [0.3, 0.4) is 0 Å². The van der Waals surface area contributed by atoms with Crippen molar-refractivity contribution in [1.82, 2.24) is 0 Å². The van der Waals surface area contributed by atoms with Crippen molar-refractivity contribution in [1.29, 1.82) is 0 Å². The molecule has 41 heavy (non-hydrogen) atoms. The van der Waals surface area contributed by atoms with Crippen molar-refractivity contribution in [3.05, 3.63) is 48.6 Å². The number of carboxylic acid groups (broad SMARTS) is 4. The van der Waals surface area contributed by atoms with E-state index >= 15 is 0 Å². The van der Waals surface area contributed by atoms with Crippen LogP contribution < -0.4 is 20.4 Å². The first-order valence-electron chi connectivity index (χ1n) is 9.21. The molecule has 0 radical (unpaired) electrons. The Balaban J connectivity index is -0.000000139. The molecule has 0 bridgehead atoms. The average Bonchev–Trinajstić information content (AvgIpc) is 2.86. The van der Waals surface area contributed by atoms with Gasteiger partial charge < -0.3 is 39.6 Å². The van der Waals surface area contributed by atoms with Crippen molar-refractivity contribution < 1.29 is 97.9 Å². The van der Waals surface area contributed by atoms with Gasteiger partial charge in [-0.2, -0.15) is 19.6 Å². The van der Waals surface area contributed by atoms with Crippen LogP contribution in [0, 0.1) is 0 Å². The zero-order valence-electron chi connectivity index (χ0n) is 21.3. The Kier molecular flexibility index (Phi) is 37.6. The average molecular weight is 699 g/mol. The maximum absolute atomic E-state index is 10.2. The number of aliphatic carboxylic acids is 4. The van der Waals surface area contributed by atoms with E-state index in [4.69, 9.17) is 0 Å². The van der Waals surface area contributed by atoms with Crippen molar-refractivity contribution in [2.75, 3.05) is 28.4 Å². The van der Waals surface area contributed by atoms with Gasteiger partial charge in [-0.1, -0.05) is 0 Å². The van der Waals surface area contributed by atoms with Crippen molar-refractivity contribution in [3.63, 3.8) is 0 Å². The van der Waals surface area contributed by atoms with Crippen LogP contribution in [0.25, 0.3) is 0 Å². The Morgan fingerprint density at radius 3 is 0.610 bits per heavy atom. The van der Waals surface area contributed by atoms with E-state index in [1.807, 2.05) is 0 Å². The molecule has 0 atom stereocenters. The second-order valence-electron chi connectivity index (χ2n) is 4.89. The summed E-state index contributed by atoms with van der Waals surface area (Å²) in [6.07, 6.45) is 4.89. The van der Waals surface area contributed by atoms with Crippen molar-refractivity contribution in [2.45, 2.75) is 0 Å². The topological polar surface area (TPSA) is 303 Å². The normalized spacial score (nSPS) is 9.46. The van der Waals surface area contributed by atoms with Crippen LogP contribution in [-0.2, 0) is 77.5 Å². The van der Waals surface area contributed by atoms with Gasteiger partial charge in [-0.25, -0.2) is 19.2 Å². The Morgan fingerprint density at radius 2 is 0.512 bits per heavy atom. The van der Waals surface area contributed by atoms with Gasteiger partial charge in [-0.15, -0.1) is 0 Å². The maximum Gasteiger partial charge on any atom is 4.00 e. The van der Waals surface area contributed by atoms with Gasteiger partial charge >= 0.3 is 47.8 Å². The first-order valence-corrected chi connectivity index (χ1v) is 9.21. The smallest absolute Gasteiger partial charge is 0.545 e. The molecule has 224 valence electrons. The van der Waals surface area contributed by atoms with Crippen molar-refractivity contribution in [3.8, 4) is 0 Å². The van der Waals surface area contributed by atoms with E-state index in [-0.39, 0.29) is 23.9 Å². The minimum atomic E-state index is -1.46. The summed E-state index contributed by atoms with van der Waals surface area (Å²) < 4.78 is 0. The van der Waals surface area contributed by atoms with Crippen molar-refractivity contribution >= 4 is 71.7 Å². The second-order valence-corrected chi connectivity index (χ2v) is 4.89. The van der Waals surface area contributed by atoms with Gasteiger partial charge in [0, 0.05) is 24.3 Å². The summed E-state index contributed by atoms with van der Waals surface area (Å²) in [6.45, 7) is 0. The summed E-state index contributed by atoms with van der Waals surface area (Å²) in [4.78, 5) is 111. The zero-order valence-corrected chi connectivity index (χ0v) is 24.1. The van der Waals surface area contributed by atoms with Gasteiger partial charge in [-0.3, -0.25) is 19.6 Å². The monoisotopic (exact) mass is 700 g/mol. The van der Waals surface area contributed by atoms with Crippen LogP contribution in [0.4, 0.5) is 0 Å². The summed E-state index contributed by atoms with van der Waals surface area (Å²) in [5.41, 5.74) is 0. The molecule has 0 aromatic rings. The maximum atomic E-state index is 10.2. The number of carbonyl (C=O) groups is 8. The molecular formula is C20H20O20Sn. The fourth-order valence-corrected chi connectivity index (χ4v) is 0.984. The molecule has 0 fully saturated rings. The molecule has 0 aliphatic carbocycles. The molecule has 0 aromatic heterocycles. The third kappa shape index (κ3) is 52.6. The molecule has 21 heteroatoms. The fourth-order valence-electron chi connectivity index (χ4n) is 0.984.